The molecule has 0 spiro atoms. The largest absolute Gasteiger partial charge is 0.325 e. The van der Waals surface area contributed by atoms with Gasteiger partial charge in [0.1, 0.15) is 0 Å². The Hall–Kier alpha value is -2.84. The van der Waals surface area contributed by atoms with Crippen molar-refractivity contribution < 1.29 is 4.79 Å². The summed E-state index contributed by atoms with van der Waals surface area (Å²) in [6.07, 6.45) is 3.86. The summed E-state index contributed by atoms with van der Waals surface area (Å²) in [5, 5.41) is 14.3. The van der Waals surface area contributed by atoms with Crippen LogP contribution in [0, 0.1) is 13.8 Å². The molecular formula is C20H19N5OS2. The summed E-state index contributed by atoms with van der Waals surface area (Å²) < 4.78 is 3.84. The van der Waals surface area contributed by atoms with Crippen molar-refractivity contribution in [2.45, 2.75) is 19.0 Å². The number of amides is 1. The van der Waals surface area contributed by atoms with E-state index in [1.165, 1.54) is 11.8 Å². The van der Waals surface area contributed by atoms with Crippen molar-refractivity contribution in [2.75, 3.05) is 11.1 Å². The van der Waals surface area contributed by atoms with E-state index in [0.717, 1.165) is 27.5 Å². The molecule has 0 aliphatic carbocycles. The number of aryl methyl sites for hydroxylation is 1. The molecule has 4 rings (SSSR count). The highest BCUT2D eigenvalue weighted by molar-refractivity contribution is 7.99. The standard InChI is InChI=1S/C20H19N5OS2/c1-14-7-5-8-16(15(14)2)21-18(26)13-28-20-23-22-19(17-9-6-12-27-17)25(20)24-10-3-4-11-24/h3-12H,13H2,1-2H3,(H,21,26). The maximum atomic E-state index is 12.5. The number of aromatic nitrogens is 4. The first-order valence-corrected chi connectivity index (χ1v) is 10.6. The number of hydrogen-bond acceptors (Lipinski definition) is 5. The number of rotatable bonds is 6. The van der Waals surface area contributed by atoms with Gasteiger partial charge in [-0.25, -0.2) is 4.68 Å². The van der Waals surface area contributed by atoms with Gasteiger partial charge in [0.25, 0.3) is 0 Å². The number of nitrogens with zero attached hydrogens (tertiary/aromatic N) is 4. The number of benzene rings is 1. The number of hydrogen-bond donors (Lipinski definition) is 1. The lowest BCUT2D eigenvalue weighted by molar-refractivity contribution is -0.113. The van der Waals surface area contributed by atoms with E-state index in [0.29, 0.717) is 5.16 Å². The number of thioether (sulfide) groups is 1. The summed E-state index contributed by atoms with van der Waals surface area (Å²) in [4.78, 5) is 13.5. The van der Waals surface area contributed by atoms with Crippen molar-refractivity contribution in [3.8, 4) is 10.7 Å². The van der Waals surface area contributed by atoms with E-state index < -0.39 is 0 Å². The molecule has 8 heteroatoms. The molecule has 0 saturated carbocycles. The minimum atomic E-state index is -0.0709. The molecule has 4 aromatic rings. The maximum Gasteiger partial charge on any atom is 0.234 e. The van der Waals surface area contributed by atoms with Crippen molar-refractivity contribution in [3.63, 3.8) is 0 Å². The van der Waals surface area contributed by atoms with Crippen LogP contribution in [0.3, 0.4) is 0 Å². The summed E-state index contributed by atoms with van der Waals surface area (Å²) in [6, 6.07) is 13.8. The Balaban J connectivity index is 1.54. The van der Waals surface area contributed by atoms with Crippen molar-refractivity contribution in [1.29, 1.82) is 0 Å². The first-order chi connectivity index (χ1) is 13.6. The molecule has 6 nitrogen and oxygen atoms in total. The van der Waals surface area contributed by atoms with Gasteiger partial charge in [0.15, 0.2) is 5.82 Å². The van der Waals surface area contributed by atoms with Crippen LogP contribution in [0.25, 0.3) is 10.7 Å². The second-order valence-corrected chi connectivity index (χ2v) is 8.13. The topological polar surface area (TPSA) is 64.7 Å². The highest BCUT2D eigenvalue weighted by Crippen LogP contribution is 2.27. The van der Waals surface area contributed by atoms with E-state index in [2.05, 4.69) is 15.5 Å². The monoisotopic (exact) mass is 409 g/mol. The fourth-order valence-corrected chi connectivity index (χ4v) is 4.21. The van der Waals surface area contributed by atoms with Crippen LogP contribution in [-0.2, 0) is 4.79 Å². The maximum absolute atomic E-state index is 12.5. The van der Waals surface area contributed by atoms with Gasteiger partial charge < -0.3 is 5.32 Å². The molecule has 0 saturated heterocycles. The van der Waals surface area contributed by atoms with E-state index in [-0.39, 0.29) is 11.7 Å². The Morgan fingerprint density at radius 3 is 2.68 bits per heavy atom. The lowest BCUT2D eigenvalue weighted by atomic mass is 10.1. The van der Waals surface area contributed by atoms with Gasteiger partial charge in [0.05, 0.1) is 10.6 Å². The molecule has 28 heavy (non-hydrogen) atoms. The van der Waals surface area contributed by atoms with Crippen LogP contribution in [0.4, 0.5) is 5.69 Å². The molecule has 1 N–H and O–H groups in total. The minimum absolute atomic E-state index is 0.0709. The first kappa shape index (κ1) is 18.5. The van der Waals surface area contributed by atoms with Gasteiger partial charge in [0.2, 0.25) is 11.1 Å². The number of nitrogens with one attached hydrogen (secondary N) is 1. The molecule has 0 radical (unpaired) electrons. The molecule has 0 bridgehead atoms. The lowest BCUT2D eigenvalue weighted by Gasteiger charge is -2.11. The van der Waals surface area contributed by atoms with E-state index >= 15 is 0 Å². The zero-order chi connectivity index (χ0) is 19.5. The van der Waals surface area contributed by atoms with E-state index in [1.54, 1.807) is 11.3 Å². The summed E-state index contributed by atoms with van der Waals surface area (Å²) in [5.41, 5.74) is 3.08. The van der Waals surface area contributed by atoms with E-state index in [1.807, 2.05) is 83.4 Å². The molecular weight excluding hydrogens is 390 g/mol. The van der Waals surface area contributed by atoms with E-state index in [9.17, 15) is 4.79 Å². The van der Waals surface area contributed by atoms with Crippen molar-refractivity contribution in [2.24, 2.45) is 0 Å². The Morgan fingerprint density at radius 2 is 1.93 bits per heavy atom. The van der Waals surface area contributed by atoms with Crippen molar-refractivity contribution in [3.05, 3.63) is 71.4 Å². The van der Waals surface area contributed by atoms with Crippen LogP contribution in [0.2, 0.25) is 0 Å². The van der Waals surface area contributed by atoms with Gasteiger partial charge in [-0.05, 0) is 54.6 Å². The first-order valence-electron chi connectivity index (χ1n) is 8.75. The molecule has 1 aromatic carbocycles. The second-order valence-electron chi connectivity index (χ2n) is 6.24. The number of anilines is 1. The van der Waals surface area contributed by atoms with Gasteiger partial charge in [-0.15, -0.1) is 21.5 Å². The van der Waals surface area contributed by atoms with Gasteiger partial charge >= 0.3 is 0 Å². The summed E-state index contributed by atoms with van der Waals surface area (Å²) in [7, 11) is 0. The molecule has 0 aliphatic heterocycles. The molecule has 0 atom stereocenters. The second kappa shape index (κ2) is 8.04. The molecule has 1 amide bonds. The van der Waals surface area contributed by atoms with Gasteiger partial charge in [-0.1, -0.05) is 30.0 Å². The summed E-state index contributed by atoms with van der Waals surface area (Å²) >= 11 is 2.97. The molecule has 3 aromatic heterocycles. The number of carbonyl (C=O) groups excluding carboxylic acids is 1. The zero-order valence-electron chi connectivity index (χ0n) is 15.5. The van der Waals surface area contributed by atoms with Gasteiger partial charge in [-0.3, -0.25) is 9.47 Å². The zero-order valence-corrected chi connectivity index (χ0v) is 17.1. The van der Waals surface area contributed by atoms with Crippen LogP contribution < -0.4 is 5.32 Å². The lowest BCUT2D eigenvalue weighted by Crippen LogP contribution is -2.16. The molecule has 0 unspecified atom stereocenters. The molecule has 0 fully saturated rings. The van der Waals surface area contributed by atoms with Crippen LogP contribution >= 0.6 is 23.1 Å². The third kappa shape index (κ3) is 3.74. The SMILES string of the molecule is Cc1cccc(NC(=O)CSc2nnc(-c3cccs3)n2-n2cccc2)c1C. The minimum Gasteiger partial charge on any atom is -0.325 e. The predicted molar refractivity (Wildman–Crippen MR) is 114 cm³/mol. The fraction of sp³-hybridized carbons (Fsp3) is 0.150. The Labute approximate surface area is 171 Å². The van der Waals surface area contributed by atoms with E-state index in [4.69, 9.17) is 0 Å². The highest BCUT2D eigenvalue weighted by atomic mass is 32.2. The van der Waals surface area contributed by atoms with Gasteiger partial charge in [0, 0.05) is 18.1 Å². The normalized spacial score (nSPS) is 10.9. The average Bonchev–Trinajstić information content (AvgIpc) is 3.44. The quantitative estimate of drug-likeness (QED) is 0.477. The van der Waals surface area contributed by atoms with Crippen LogP contribution in [-0.4, -0.2) is 31.2 Å². The third-order valence-electron chi connectivity index (χ3n) is 4.38. The summed E-state index contributed by atoms with van der Waals surface area (Å²) in [6.45, 7) is 4.04. The van der Waals surface area contributed by atoms with Gasteiger partial charge in [-0.2, -0.15) is 0 Å². The smallest absolute Gasteiger partial charge is 0.234 e. The Bertz CT molecular complexity index is 1080. The molecule has 142 valence electrons. The van der Waals surface area contributed by atoms with Crippen LogP contribution in [0.5, 0.6) is 0 Å². The van der Waals surface area contributed by atoms with Crippen molar-refractivity contribution >= 4 is 34.7 Å². The van der Waals surface area contributed by atoms with Crippen molar-refractivity contribution in [1.82, 2.24) is 19.5 Å². The van der Waals surface area contributed by atoms with Crippen LogP contribution in [0.1, 0.15) is 11.1 Å². The number of thiophene rings is 1. The Morgan fingerprint density at radius 1 is 1.11 bits per heavy atom. The Kier molecular flexibility index (Phi) is 5.31. The number of carbonyl (C=O) groups is 1. The molecule has 0 aliphatic rings. The predicted octanol–water partition coefficient (Wildman–Crippen LogP) is 4.47. The average molecular weight is 410 g/mol. The van der Waals surface area contributed by atoms with Crippen LogP contribution in [0.15, 0.2) is 65.4 Å². The molecule has 3 heterocycles. The highest BCUT2D eigenvalue weighted by Gasteiger charge is 2.17. The fourth-order valence-electron chi connectivity index (χ4n) is 2.78. The summed E-state index contributed by atoms with van der Waals surface area (Å²) in [5.74, 6) is 0.930. The third-order valence-corrected chi connectivity index (χ3v) is 6.17.